The molecule has 1 aliphatic heterocycles. The lowest BCUT2D eigenvalue weighted by atomic mass is 10.2. The average Bonchev–Trinajstić information content (AvgIpc) is 2.95. The zero-order chi connectivity index (χ0) is 13.8. The van der Waals surface area contributed by atoms with Crippen molar-refractivity contribution in [1.82, 2.24) is 10.3 Å². The predicted octanol–water partition coefficient (Wildman–Crippen LogP) is 2.77. The predicted molar refractivity (Wildman–Crippen MR) is 79.5 cm³/mol. The van der Waals surface area contributed by atoms with Gasteiger partial charge in [0.15, 0.2) is 11.5 Å². The molecule has 0 unspecified atom stereocenters. The first-order chi connectivity index (χ1) is 9.85. The van der Waals surface area contributed by atoms with Crippen LogP contribution in [0.15, 0.2) is 24.4 Å². The summed E-state index contributed by atoms with van der Waals surface area (Å²) in [7, 11) is 0. The van der Waals surface area contributed by atoms with E-state index in [-0.39, 0.29) is 0 Å². The number of rotatable bonds is 5. The average molecular weight is 290 g/mol. The van der Waals surface area contributed by atoms with E-state index < -0.39 is 0 Å². The van der Waals surface area contributed by atoms with Crippen molar-refractivity contribution in [3.05, 3.63) is 39.8 Å². The van der Waals surface area contributed by atoms with E-state index in [0.29, 0.717) is 13.2 Å². The van der Waals surface area contributed by atoms with E-state index in [1.807, 2.05) is 18.3 Å². The molecule has 0 radical (unpaired) electrons. The summed E-state index contributed by atoms with van der Waals surface area (Å²) in [6.07, 6.45) is 3.02. The molecule has 0 fully saturated rings. The van der Waals surface area contributed by atoms with Gasteiger partial charge in [0.2, 0.25) is 0 Å². The Kier molecular flexibility index (Phi) is 4.18. The fourth-order valence-corrected chi connectivity index (χ4v) is 2.94. The molecular formula is C15H18N2O2S. The molecular weight excluding hydrogens is 272 g/mol. The number of benzene rings is 1. The maximum atomic E-state index is 5.58. The first-order valence-electron chi connectivity index (χ1n) is 6.88. The molecule has 2 aromatic rings. The van der Waals surface area contributed by atoms with Crippen LogP contribution in [-0.4, -0.2) is 18.2 Å². The van der Waals surface area contributed by atoms with Crippen LogP contribution in [0.3, 0.4) is 0 Å². The van der Waals surface area contributed by atoms with Gasteiger partial charge in [0, 0.05) is 24.2 Å². The second-order valence-electron chi connectivity index (χ2n) is 4.66. The van der Waals surface area contributed by atoms with Gasteiger partial charge in [-0.2, -0.15) is 0 Å². The molecule has 0 saturated carbocycles. The van der Waals surface area contributed by atoms with E-state index in [2.05, 4.69) is 23.3 Å². The number of hydrogen-bond acceptors (Lipinski definition) is 5. The molecule has 0 amide bonds. The van der Waals surface area contributed by atoms with Gasteiger partial charge in [0.25, 0.3) is 0 Å². The summed E-state index contributed by atoms with van der Waals surface area (Å²) in [5.41, 5.74) is 1.20. The third-order valence-electron chi connectivity index (χ3n) is 3.16. The van der Waals surface area contributed by atoms with Gasteiger partial charge >= 0.3 is 0 Å². The molecule has 3 rings (SSSR count). The van der Waals surface area contributed by atoms with Crippen LogP contribution in [0, 0.1) is 0 Å². The van der Waals surface area contributed by atoms with Gasteiger partial charge in [-0.05, 0) is 24.1 Å². The second kappa shape index (κ2) is 6.24. The summed E-state index contributed by atoms with van der Waals surface area (Å²) in [5, 5.41) is 4.55. The molecule has 0 atom stereocenters. The summed E-state index contributed by atoms with van der Waals surface area (Å²) in [5.74, 6) is 1.69. The summed E-state index contributed by atoms with van der Waals surface area (Å²) >= 11 is 1.77. The topological polar surface area (TPSA) is 43.4 Å². The van der Waals surface area contributed by atoms with Crippen LogP contribution >= 0.6 is 11.3 Å². The Balaban J connectivity index is 1.55. The summed E-state index contributed by atoms with van der Waals surface area (Å²) in [6.45, 7) is 5.02. The van der Waals surface area contributed by atoms with Crippen molar-refractivity contribution in [3.8, 4) is 11.5 Å². The molecule has 0 saturated heterocycles. The molecule has 4 nitrogen and oxygen atoms in total. The lowest BCUT2D eigenvalue weighted by Crippen LogP contribution is -2.16. The molecule has 5 heteroatoms. The molecule has 1 aromatic carbocycles. The minimum absolute atomic E-state index is 0.628. The Morgan fingerprint density at radius 1 is 1.20 bits per heavy atom. The minimum Gasteiger partial charge on any atom is -0.486 e. The summed E-state index contributed by atoms with van der Waals surface area (Å²) < 4.78 is 11.1. The third kappa shape index (κ3) is 3.11. The van der Waals surface area contributed by atoms with E-state index in [9.17, 15) is 0 Å². The van der Waals surface area contributed by atoms with Crippen molar-refractivity contribution in [2.24, 2.45) is 0 Å². The second-order valence-corrected chi connectivity index (χ2v) is 5.86. The molecule has 1 N–H and O–H groups in total. The molecule has 20 heavy (non-hydrogen) atoms. The number of ether oxygens (including phenoxy) is 2. The number of fused-ring (bicyclic) bond motifs is 1. The van der Waals surface area contributed by atoms with Gasteiger partial charge in [0.1, 0.15) is 18.2 Å². The van der Waals surface area contributed by atoms with Crippen molar-refractivity contribution in [3.63, 3.8) is 0 Å². The number of aryl methyl sites for hydroxylation is 1. The lowest BCUT2D eigenvalue weighted by Gasteiger charge is -2.18. The molecule has 1 aromatic heterocycles. The van der Waals surface area contributed by atoms with Gasteiger partial charge in [0.05, 0.1) is 0 Å². The number of nitrogens with zero attached hydrogens (tertiary/aromatic N) is 1. The van der Waals surface area contributed by atoms with E-state index in [1.54, 1.807) is 11.3 Å². The normalized spacial score (nSPS) is 13.4. The van der Waals surface area contributed by atoms with Crippen LogP contribution in [0.25, 0.3) is 0 Å². The maximum absolute atomic E-state index is 5.58. The Hall–Kier alpha value is -1.59. The van der Waals surface area contributed by atoms with E-state index in [4.69, 9.17) is 9.47 Å². The van der Waals surface area contributed by atoms with Crippen molar-refractivity contribution < 1.29 is 9.47 Å². The van der Waals surface area contributed by atoms with E-state index >= 15 is 0 Å². The Labute approximate surface area is 122 Å². The smallest absolute Gasteiger partial charge is 0.161 e. The summed E-state index contributed by atoms with van der Waals surface area (Å²) in [4.78, 5) is 5.73. The highest BCUT2D eigenvalue weighted by molar-refractivity contribution is 7.11. The monoisotopic (exact) mass is 290 g/mol. The number of thiazole rings is 1. The minimum atomic E-state index is 0.628. The standard InChI is InChI=1S/C15H18N2O2S/c1-2-12-9-17-15(20-12)10-16-8-11-3-4-13-14(7-11)19-6-5-18-13/h3-4,7,9,16H,2,5-6,8,10H2,1H3. The summed E-state index contributed by atoms with van der Waals surface area (Å²) in [6, 6.07) is 6.09. The molecule has 1 aliphatic rings. The van der Waals surface area contributed by atoms with Crippen LogP contribution in [0.2, 0.25) is 0 Å². The number of hydrogen-bond donors (Lipinski definition) is 1. The fraction of sp³-hybridized carbons (Fsp3) is 0.400. The van der Waals surface area contributed by atoms with Crippen molar-refractivity contribution in [1.29, 1.82) is 0 Å². The van der Waals surface area contributed by atoms with E-state index in [0.717, 1.165) is 36.0 Å². The first kappa shape index (κ1) is 13.4. The number of nitrogens with one attached hydrogen (secondary N) is 1. The number of aromatic nitrogens is 1. The maximum Gasteiger partial charge on any atom is 0.161 e. The van der Waals surface area contributed by atoms with Crippen LogP contribution in [0.5, 0.6) is 11.5 Å². The fourth-order valence-electron chi connectivity index (χ4n) is 2.10. The molecule has 106 valence electrons. The third-order valence-corrected chi connectivity index (χ3v) is 4.30. The molecule has 2 heterocycles. The van der Waals surface area contributed by atoms with Crippen LogP contribution < -0.4 is 14.8 Å². The molecule has 0 spiro atoms. The van der Waals surface area contributed by atoms with Gasteiger partial charge in [-0.25, -0.2) is 4.98 Å². The SMILES string of the molecule is CCc1cnc(CNCc2ccc3c(c2)OCCO3)s1. The molecule has 0 bridgehead atoms. The highest BCUT2D eigenvalue weighted by atomic mass is 32.1. The van der Waals surface area contributed by atoms with Gasteiger partial charge in [-0.1, -0.05) is 13.0 Å². The Bertz CT molecular complexity index is 583. The molecule has 0 aliphatic carbocycles. The largest absolute Gasteiger partial charge is 0.486 e. The zero-order valence-corrected chi connectivity index (χ0v) is 12.3. The zero-order valence-electron chi connectivity index (χ0n) is 11.5. The van der Waals surface area contributed by atoms with Crippen LogP contribution in [0.4, 0.5) is 0 Å². The van der Waals surface area contributed by atoms with Crippen molar-refractivity contribution in [2.45, 2.75) is 26.4 Å². The first-order valence-corrected chi connectivity index (χ1v) is 7.69. The lowest BCUT2D eigenvalue weighted by molar-refractivity contribution is 0.171. The Morgan fingerprint density at radius 2 is 2.05 bits per heavy atom. The van der Waals surface area contributed by atoms with Crippen LogP contribution in [-0.2, 0) is 19.5 Å². The highest BCUT2D eigenvalue weighted by Gasteiger charge is 2.11. The van der Waals surface area contributed by atoms with E-state index in [1.165, 1.54) is 10.4 Å². The van der Waals surface area contributed by atoms with Crippen molar-refractivity contribution in [2.75, 3.05) is 13.2 Å². The highest BCUT2D eigenvalue weighted by Crippen LogP contribution is 2.30. The van der Waals surface area contributed by atoms with Crippen molar-refractivity contribution >= 4 is 11.3 Å². The van der Waals surface area contributed by atoms with Gasteiger partial charge in [-0.3, -0.25) is 0 Å². The van der Waals surface area contributed by atoms with Gasteiger partial charge < -0.3 is 14.8 Å². The Morgan fingerprint density at radius 3 is 2.85 bits per heavy atom. The van der Waals surface area contributed by atoms with Crippen LogP contribution in [0.1, 0.15) is 22.4 Å². The van der Waals surface area contributed by atoms with Gasteiger partial charge in [-0.15, -0.1) is 11.3 Å². The quantitative estimate of drug-likeness (QED) is 0.919.